The lowest BCUT2D eigenvalue weighted by Crippen LogP contribution is -2.25. The van der Waals surface area contributed by atoms with E-state index in [1.165, 1.54) is 38.8 Å². The molecule has 0 fully saturated rings. The van der Waals surface area contributed by atoms with Crippen LogP contribution in [-0.2, 0) is 0 Å². The molecule has 2 atom stereocenters. The van der Waals surface area contributed by atoms with Gasteiger partial charge < -0.3 is 5.32 Å². The second kappa shape index (κ2) is 9.21. The Morgan fingerprint density at radius 2 is 1.60 bits per heavy atom. The molecule has 0 aromatic carbocycles. The van der Waals surface area contributed by atoms with Crippen molar-refractivity contribution in [1.29, 1.82) is 0 Å². The lowest BCUT2D eigenvalue weighted by molar-refractivity contribution is 0.331. The minimum atomic E-state index is 0.823. The van der Waals surface area contributed by atoms with E-state index in [9.17, 15) is 0 Å². The Morgan fingerprint density at radius 3 is 2.13 bits per heavy atom. The van der Waals surface area contributed by atoms with Gasteiger partial charge >= 0.3 is 0 Å². The van der Waals surface area contributed by atoms with Crippen LogP contribution in [-0.4, -0.2) is 13.1 Å². The average molecular weight is 213 g/mol. The molecular formula is C14H31N. The smallest absolute Gasteiger partial charge is 0.00206 e. The van der Waals surface area contributed by atoms with Crippen LogP contribution in [0.5, 0.6) is 0 Å². The van der Waals surface area contributed by atoms with Crippen molar-refractivity contribution in [3.05, 3.63) is 0 Å². The van der Waals surface area contributed by atoms with Crippen LogP contribution >= 0.6 is 0 Å². The highest BCUT2D eigenvalue weighted by Gasteiger charge is 2.11. The summed E-state index contributed by atoms with van der Waals surface area (Å²) in [6.07, 6.45) is 5.43. The predicted molar refractivity (Wildman–Crippen MR) is 70.2 cm³/mol. The summed E-state index contributed by atoms with van der Waals surface area (Å²) in [6, 6.07) is 0. The van der Waals surface area contributed by atoms with Crippen molar-refractivity contribution in [1.82, 2.24) is 5.32 Å². The molecule has 0 radical (unpaired) electrons. The van der Waals surface area contributed by atoms with Gasteiger partial charge in [-0.2, -0.15) is 0 Å². The van der Waals surface area contributed by atoms with Crippen LogP contribution in [0, 0.1) is 17.8 Å². The molecule has 0 heterocycles. The van der Waals surface area contributed by atoms with Gasteiger partial charge in [0.05, 0.1) is 0 Å². The normalized spacial score (nSPS) is 15.6. The van der Waals surface area contributed by atoms with Crippen LogP contribution in [0.25, 0.3) is 0 Å². The van der Waals surface area contributed by atoms with Gasteiger partial charge in [0.2, 0.25) is 0 Å². The molecule has 1 N–H and O–H groups in total. The SMILES string of the molecule is CCCNCC(C)C(C)CCCC(C)C. The topological polar surface area (TPSA) is 12.0 Å². The van der Waals surface area contributed by atoms with Crippen LogP contribution in [0.2, 0.25) is 0 Å². The first kappa shape index (κ1) is 15.0. The van der Waals surface area contributed by atoms with E-state index in [2.05, 4.69) is 39.9 Å². The van der Waals surface area contributed by atoms with Gasteiger partial charge in [0.15, 0.2) is 0 Å². The molecule has 2 unspecified atom stereocenters. The highest BCUT2D eigenvalue weighted by atomic mass is 14.8. The Balaban J connectivity index is 3.46. The van der Waals surface area contributed by atoms with Crippen molar-refractivity contribution < 1.29 is 0 Å². The van der Waals surface area contributed by atoms with E-state index >= 15 is 0 Å². The van der Waals surface area contributed by atoms with E-state index in [0.29, 0.717) is 0 Å². The largest absolute Gasteiger partial charge is 0.316 e. The summed E-state index contributed by atoms with van der Waals surface area (Å²) in [5.41, 5.74) is 0. The minimum absolute atomic E-state index is 0.823. The summed E-state index contributed by atoms with van der Waals surface area (Å²) in [4.78, 5) is 0. The summed E-state index contributed by atoms with van der Waals surface area (Å²) < 4.78 is 0. The quantitative estimate of drug-likeness (QED) is 0.569. The van der Waals surface area contributed by atoms with Crippen molar-refractivity contribution in [2.45, 2.75) is 60.3 Å². The van der Waals surface area contributed by atoms with Gasteiger partial charge in [0.1, 0.15) is 0 Å². The Bertz CT molecular complexity index is 131. The van der Waals surface area contributed by atoms with Gasteiger partial charge in [-0.15, -0.1) is 0 Å². The zero-order valence-corrected chi connectivity index (χ0v) is 11.5. The standard InChI is InChI=1S/C14H31N/c1-6-10-15-11-14(5)13(4)9-7-8-12(2)3/h12-15H,6-11H2,1-5H3. The molecule has 0 aliphatic carbocycles. The number of nitrogens with one attached hydrogen (secondary N) is 1. The maximum atomic E-state index is 3.51. The van der Waals surface area contributed by atoms with Gasteiger partial charge in [0.25, 0.3) is 0 Å². The number of rotatable bonds is 9. The Hall–Kier alpha value is -0.0400. The summed E-state index contributed by atoms with van der Waals surface area (Å²) in [5.74, 6) is 2.56. The van der Waals surface area contributed by atoms with Crippen molar-refractivity contribution >= 4 is 0 Å². The van der Waals surface area contributed by atoms with Crippen LogP contribution in [0.3, 0.4) is 0 Å². The van der Waals surface area contributed by atoms with Crippen molar-refractivity contribution in [2.75, 3.05) is 13.1 Å². The Labute approximate surface area is 97.0 Å². The van der Waals surface area contributed by atoms with Crippen molar-refractivity contribution in [3.63, 3.8) is 0 Å². The minimum Gasteiger partial charge on any atom is -0.316 e. The zero-order chi connectivity index (χ0) is 11.7. The third-order valence-electron chi connectivity index (χ3n) is 3.31. The Kier molecular flexibility index (Phi) is 9.18. The molecule has 0 aliphatic rings. The molecule has 1 heteroatoms. The molecule has 0 saturated heterocycles. The molecule has 92 valence electrons. The maximum absolute atomic E-state index is 3.51. The lowest BCUT2D eigenvalue weighted by atomic mass is 9.90. The molecule has 0 aromatic heterocycles. The summed E-state index contributed by atoms with van der Waals surface area (Å²) in [5, 5.41) is 3.51. The summed E-state index contributed by atoms with van der Waals surface area (Å²) >= 11 is 0. The maximum Gasteiger partial charge on any atom is -0.00206 e. The first-order valence-electron chi connectivity index (χ1n) is 6.78. The molecule has 1 nitrogen and oxygen atoms in total. The average Bonchev–Trinajstić information content (AvgIpc) is 2.17. The molecule has 0 amide bonds. The fraction of sp³-hybridized carbons (Fsp3) is 1.00. The van der Waals surface area contributed by atoms with Crippen molar-refractivity contribution in [3.8, 4) is 0 Å². The van der Waals surface area contributed by atoms with E-state index in [-0.39, 0.29) is 0 Å². The van der Waals surface area contributed by atoms with Gasteiger partial charge in [-0.05, 0) is 37.3 Å². The van der Waals surface area contributed by atoms with E-state index in [1.807, 2.05) is 0 Å². The van der Waals surface area contributed by atoms with Crippen molar-refractivity contribution in [2.24, 2.45) is 17.8 Å². The van der Waals surface area contributed by atoms with Gasteiger partial charge in [-0.1, -0.05) is 53.9 Å². The third-order valence-corrected chi connectivity index (χ3v) is 3.31. The van der Waals surface area contributed by atoms with E-state index < -0.39 is 0 Å². The van der Waals surface area contributed by atoms with Crippen LogP contribution in [0.4, 0.5) is 0 Å². The molecule has 0 bridgehead atoms. The van der Waals surface area contributed by atoms with Gasteiger partial charge in [0, 0.05) is 0 Å². The summed E-state index contributed by atoms with van der Waals surface area (Å²) in [7, 11) is 0. The monoisotopic (exact) mass is 213 g/mol. The molecule has 0 spiro atoms. The second-order valence-electron chi connectivity index (χ2n) is 5.48. The van der Waals surface area contributed by atoms with E-state index in [4.69, 9.17) is 0 Å². The van der Waals surface area contributed by atoms with Crippen LogP contribution in [0.1, 0.15) is 60.3 Å². The van der Waals surface area contributed by atoms with E-state index in [0.717, 1.165) is 17.8 Å². The fourth-order valence-electron chi connectivity index (χ4n) is 1.84. The van der Waals surface area contributed by atoms with Gasteiger partial charge in [-0.3, -0.25) is 0 Å². The highest BCUT2D eigenvalue weighted by Crippen LogP contribution is 2.19. The first-order valence-corrected chi connectivity index (χ1v) is 6.78. The highest BCUT2D eigenvalue weighted by molar-refractivity contribution is 4.65. The van der Waals surface area contributed by atoms with Crippen LogP contribution < -0.4 is 5.32 Å². The number of hydrogen-bond acceptors (Lipinski definition) is 1. The molecule has 0 aliphatic heterocycles. The van der Waals surface area contributed by atoms with Crippen LogP contribution in [0.15, 0.2) is 0 Å². The molecule has 15 heavy (non-hydrogen) atoms. The number of hydrogen-bond donors (Lipinski definition) is 1. The Morgan fingerprint density at radius 1 is 0.933 bits per heavy atom. The predicted octanol–water partition coefficient (Wildman–Crippen LogP) is 4.08. The molecular weight excluding hydrogens is 182 g/mol. The molecule has 0 aromatic rings. The molecule has 0 saturated carbocycles. The second-order valence-corrected chi connectivity index (χ2v) is 5.48. The zero-order valence-electron chi connectivity index (χ0n) is 11.5. The summed E-state index contributed by atoms with van der Waals surface area (Å²) in [6.45, 7) is 14.0. The lowest BCUT2D eigenvalue weighted by Gasteiger charge is -2.20. The van der Waals surface area contributed by atoms with E-state index in [1.54, 1.807) is 0 Å². The van der Waals surface area contributed by atoms with Gasteiger partial charge in [-0.25, -0.2) is 0 Å². The first-order chi connectivity index (χ1) is 7.07. The fourth-order valence-corrected chi connectivity index (χ4v) is 1.84. The molecule has 0 rings (SSSR count). The third kappa shape index (κ3) is 8.92.